The van der Waals surface area contributed by atoms with Crippen LogP contribution in [0.5, 0.6) is 0 Å². The highest BCUT2D eigenvalue weighted by atomic mass is 35.5. The Morgan fingerprint density at radius 2 is 1.87 bits per heavy atom. The fourth-order valence-corrected chi connectivity index (χ4v) is 2.68. The van der Waals surface area contributed by atoms with Crippen molar-refractivity contribution in [1.29, 1.82) is 0 Å². The van der Waals surface area contributed by atoms with E-state index in [-0.39, 0.29) is 30.5 Å². The van der Waals surface area contributed by atoms with Crippen LogP contribution < -0.4 is 5.73 Å². The summed E-state index contributed by atoms with van der Waals surface area (Å²) >= 11 is 0. The third-order valence-electron chi connectivity index (χ3n) is 4.16. The largest absolute Gasteiger partial charge is 0.380 e. The number of likely N-dealkylation sites (N-methyl/N-ethyl adjacent to an activating group) is 1. The molecule has 0 aliphatic heterocycles. The number of nitrogens with zero attached hydrogens (tertiary/aromatic N) is 1. The highest BCUT2D eigenvalue weighted by Gasteiger charge is 2.23. The SMILES string of the molecule is CCC(Cc1ccc(C)cc1)N(CC)C(=O)CC(CN)OC.Cl. The summed E-state index contributed by atoms with van der Waals surface area (Å²) in [6.07, 6.45) is 1.98. The number of carbonyl (C=O) groups is 1. The lowest BCUT2D eigenvalue weighted by Crippen LogP contribution is -2.43. The van der Waals surface area contributed by atoms with Crippen molar-refractivity contribution in [3.8, 4) is 0 Å². The molecular weight excluding hydrogens is 312 g/mol. The molecule has 0 fully saturated rings. The Morgan fingerprint density at radius 3 is 2.30 bits per heavy atom. The van der Waals surface area contributed by atoms with Gasteiger partial charge in [-0.15, -0.1) is 12.4 Å². The van der Waals surface area contributed by atoms with E-state index < -0.39 is 0 Å². The monoisotopic (exact) mass is 342 g/mol. The second kappa shape index (κ2) is 11.4. The Balaban J connectivity index is 0.00000484. The van der Waals surface area contributed by atoms with Crippen molar-refractivity contribution in [3.05, 3.63) is 35.4 Å². The molecule has 2 unspecified atom stereocenters. The number of hydrogen-bond acceptors (Lipinski definition) is 3. The van der Waals surface area contributed by atoms with E-state index >= 15 is 0 Å². The third kappa shape index (κ3) is 6.90. The number of amides is 1. The number of benzene rings is 1. The Kier molecular flexibility index (Phi) is 10.9. The number of aryl methyl sites for hydroxylation is 1. The van der Waals surface area contributed by atoms with Crippen LogP contribution in [-0.2, 0) is 16.0 Å². The molecule has 2 atom stereocenters. The molecule has 1 rings (SSSR count). The number of nitrogens with two attached hydrogens (primary N) is 1. The molecule has 0 bridgehead atoms. The number of carbonyl (C=O) groups excluding carboxylic acids is 1. The van der Waals surface area contributed by atoms with Crippen molar-refractivity contribution in [2.24, 2.45) is 5.73 Å². The molecule has 0 aliphatic rings. The standard InChI is InChI=1S/C18H30N2O2.ClH/c1-5-16(11-15-9-7-14(3)8-10-15)20(6-2)18(21)12-17(13-19)22-4;/h7-10,16-17H,5-6,11-13,19H2,1-4H3;1H. The Labute approximate surface area is 146 Å². The topological polar surface area (TPSA) is 55.6 Å². The highest BCUT2D eigenvalue weighted by Crippen LogP contribution is 2.15. The summed E-state index contributed by atoms with van der Waals surface area (Å²) in [5, 5.41) is 0. The third-order valence-corrected chi connectivity index (χ3v) is 4.16. The Bertz CT molecular complexity index is 447. The molecule has 0 saturated heterocycles. The van der Waals surface area contributed by atoms with Gasteiger partial charge in [0, 0.05) is 26.2 Å². The van der Waals surface area contributed by atoms with Crippen molar-refractivity contribution < 1.29 is 9.53 Å². The predicted molar refractivity (Wildman–Crippen MR) is 98.1 cm³/mol. The molecule has 5 heteroatoms. The van der Waals surface area contributed by atoms with Crippen LogP contribution in [0.1, 0.15) is 37.8 Å². The van der Waals surface area contributed by atoms with Gasteiger partial charge in [-0.1, -0.05) is 36.8 Å². The van der Waals surface area contributed by atoms with Crippen LogP contribution in [0.4, 0.5) is 0 Å². The Morgan fingerprint density at radius 1 is 1.26 bits per heavy atom. The smallest absolute Gasteiger partial charge is 0.225 e. The molecule has 1 amide bonds. The lowest BCUT2D eigenvalue weighted by molar-refractivity contribution is -0.135. The van der Waals surface area contributed by atoms with Crippen LogP contribution in [0.2, 0.25) is 0 Å². The van der Waals surface area contributed by atoms with E-state index in [1.165, 1.54) is 11.1 Å². The highest BCUT2D eigenvalue weighted by molar-refractivity contribution is 5.85. The molecule has 0 aromatic heterocycles. The number of methoxy groups -OCH3 is 1. The number of halogens is 1. The van der Waals surface area contributed by atoms with E-state index in [9.17, 15) is 4.79 Å². The van der Waals surface area contributed by atoms with Gasteiger partial charge in [-0.3, -0.25) is 4.79 Å². The summed E-state index contributed by atoms with van der Waals surface area (Å²) in [5.74, 6) is 0.124. The number of ether oxygens (including phenoxy) is 1. The minimum atomic E-state index is -0.196. The summed E-state index contributed by atoms with van der Waals surface area (Å²) in [4.78, 5) is 14.5. The van der Waals surface area contributed by atoms with Gasteiger partial charge >= 0.3 is 0 Å². The summed E-state index contributed by atoms with van der Waals surface area (Å²) in [7, 11) is 1.60. The van der Waals surface area contributed by atoms with Crippen LogP contribution in [-0.4, -0.2) is 43.2 Å². The minimum absolute atomic E-state index is 0. The number of hydrogen-bond donors (Lipinski definition) is 1. The summed E-state index contributed by atoms with van der Waals surface area (Å²) < 4.78 is 5.24. The Hall–Kier alpha value is -1.10. The summed E-state index contributed by atoms with van der Waals surface area (Å²) in [6.45, 7) is 7.32. The lowest BCUT2D eigenvalue weighted by Gasteiger charge is -2.31. The molecule has 4 nitrogen and oxygen atoms in total. The van der Waals surface area contributed by atoms with Crippen LogP contribution in [0, 0.1) is 6.92 Å². The first-order valence-electron chi connectivity index (χ1n) is 8.13. The summed E-state index contributed by atoms with van der Waals surface area (Å²) in [6, 6.07) is 8.75. The quantitative estimate of drug-likeness (QED) is 0.750. The first-order chi connectivity index (χ1) is 10.5. The van der Waals surface area contributed by atoms with Gasteiger partial charge in [-0.25, -0.2) is 0 Å². The van der Waals surface area contributed by atoms with Gasteiger partial charge in [0.25, 0.3) is 0 Å². The number of rotatable bonds is 9. The van der Waals surface area contributed by atoms with E-state index in [4.69, 9.17) is 10.5 Å². The van der Waals surface area contributed by atoms with Gasteiger partial charge in [-0.05, 0) is 32.3 Å². The van der Waals surface area contributed by atoms with Gasteiger partial charge in [0.1, 0.15) is 0 Å². The molecule has 1 aromatic carbocycles. The van der Waals surface area contributed by atoms with Crippen molar-refractivity contribution in [3.63, 3.8) is 0 Å². The van der Waals surface area contributed by atoms with Crippen molar-refractivity contribution in [2.45, 2.75) is 52.2 Å². The molecule has 0 aliphatic carbocycles. The first-order valence-corrected chi connectivity index (χ1v) is 8.13. The second-order valence-corrected chi connectivity index (χ2v) is 5.73. The van der Waals surface area contributed by atoms with Crippen molar-refractivity contribution >= 4 is 18.3 Å². The maximum atomic E-state index is 12.5. The first kappa shape index (κ1) is 21.9. The van der Waals surface area contributed by atoms with E-state index in [1.807, 2.05) is 11.8 Å². The van der Waals surface area contributed by atoms with E-state index in [1.54, 1.807) is 7.11 Å². The summed E-state index contributed by atoms with van der Waals surface area (Å²) in [5.41, 5.74) is 8.15. The van der Waals surface area contributed by atoms with Crippen LogP contribution >= 0.6 is 12.4 Å². The van der Waals surface area contributed by atoms with Gasteiger partial charge in [0.15, 0.2) is 0 Å². The maximum absolute atomic E-state index is 12.5. The van der Waals surface area contributed by atoms with Gasteiger partial charge in [-0.2, -0.15) is 0 Å². The molecule has 132 valence electrons. The zero-order chi connectivity index (χ0) is 16.5. The molecule has 0 saturated carbocycles. The molecular formula is C18H31ClN2O2. The van der Waals surface area contributed by atoms with Crippen LogP contribution in [0.3, 0.4) is 0 Å². The molecule has 0 radical (unpaired) electrons. The lowest BCUT2D eigenvalue weighted by atomic mass is 10.0. The average molecular weight is 343 g/mol. The second-order valence-electron chi connectivity index (χ2n) is 5.73. The van der Waals surface area contributed by atoms with Crippen LogP contribution in [0.25, 0.3) is 0 Å². The molecule has 1 aromatic rings. The minimum Gasteiger partial charge on any atom is -0.380 e. The molecule has 2 N–H and O–H groups in total. The average Bonchev–Trinajstić information content (AvgIpc) is 2.54. The van der Waals surface area contributed by atoms with Crippen molar-refractivity contribution in [1.82, 2.24) is 4.90 Å². The van der Waals surface area contributed by atoms with Gasteiger partial charge in [0.2, 0.25) is 5.91 Å². The van der Waals surface area contributed by atoms with Crippen LogP contribution in [0.15, 0.2) is 24.3 Å². The van der Waals surface area contributed by atoms with E-state index in [0.29, 0.717) is 19.5 Å². The molecule has 0 spiro atoms. The fraction of sp³-hybridized carbons (Fsp3) is 0.611. The zero-order valence-corrected chi connectivity index (χ0v) is 15.6. The van der Waals surface area contributed by atoms with E-state index in [2.05, 4.69) is 38.1 Å². The molecule has 0 heterocycles. The molecule has 23 heavy (non-hydrogen) atoms. The van der Waals surface area contributed by atoms with Gasteiger partial charge < -0.3 is 15.4 Å². The van der Waals surface area contributed by atoms with E-state index in [0.717, 1.165) is 12.8 Å². The zero-order valence-electron chi connectivity index (χ0n) is 14.7. The predicted octanol–water partition coefficient (Wildman–Crippen LogP) is 2.95. The normalized spacial score (nSPS) is 13.1. The fourth-order valence-electron chi connectivity index (χ4n) is 2.68. The van der Waals surface area contributed by atoms with Crippen molar-refractivity contribution in [2.75, 3.05) is 20.2 Å². The van der Waals surface area contributed by atoms with Gasteiger partial charge in [0.05, 0.1) is 12.5 Å². The maximum Gasteiger partial charge on any atom is 0.225 e.